The van der Waals surface area contributed by atoms with Crippen molar-refractivity contribution in [3.63, 3.8) is 0 Å². The molecule has 0 amide bonds. The minimum Gasteiger partial charge on any atom is -0.550 e. The Morgan fingerprint density at radius 3 is 2.26 bits per heavy atom. The van der Waals surface area contributed by atoms with E-state index in [-0.39, 0.29) is 12.3 Å². The monoisotopic (exact) mass is 283 g/mol. The van der Waals surface area contributed by atoms with Crippen LogP contribution in [0.15, 0.2) is 12.7 Å². The molecule has 108 valence electrons. The largest absolute Gasteiger partial charge is 0.550 e. The quantitative estimate of drug-likeness (QED) is 0.253. The maximum Gasteiger partial charge on any atom is 0.0432 e. The van der Waals surface area contributed by atoms with Crippen molar-refractivity contribution in [1.82, 2.24) is 0 Å². The number of carboxylic acid groups (broad SMARTS) is 1. The van der Waals surface area contributed by atoms with E-state index in [1.807, 2.05) is 0 Å². The highest BCUT2D eigenvalue weighted by molar-refractivity contribution is 6.17. The molecule has 1 atom stereocenters. The van der Waals surface area contributed by atoms with E-state index in [4.69, 9.17) is 11.6 Å². The van der Waals surface area contributed by atoms with Gasteiger partial charge in [0.1, 0.15) is 0 Å². The smallest absolute Gasteiger partial charge is 0.0432 e. The summed E-state index contributed by atoms with van der Waals surface area (Å²) in [6.07, 6.45) is 10.7. The molecular weight excluding hydrogens is 260 g/mol. The summed E-state index contributed by atoms with van der Waals surface area (Å²) in [7, 11) is 0. The molecule has 0 aromatic rings. The third kappa shape index (κ3) is 13.3. The minimum absolute atomic E-state index is 0.0585. The summed E-state index contributed by atoms with van der Waals surface area (Å²) in [5, 5.41) is 10.4. The van der Waals surface area contributed by atoms with Crippen LogP contribution in [0.1, 0.15) is 57.8 Å². The van der Waals surface area contributed by atoms with Gasteiger partial charge in [0, 0.05) is 30.6 Å². The van der Waals surface area contributed by atoms with Crippen LogP contribution in [-0.4, -0.2) is 11.8 Å². The molecule has 19 heavy (non-hydrogen) atoms. The molecule has 3 heteroatoms. The van der Waals surface area contributed by atoms with Gasteiger partial charge in [-0.15, -0.1) is 24.1 Å². The average Bonchev–Trinajstić information content (AvgIpc) is 2.39. The topological polar surface area (TPSA) is 40.1 Å². The maximum absolute atomic E-state index is 10.4. The van der Waals surface area contributed by atoms with E-state index < -0.39 is 5.97 Å². The molecule has 0 bridgehead atoms. The number of carbonyl (C=O) groups is 1. The number of hydrogen-bond acceptors (Lipinski definition) is 2. The summed E-state index contributed by atoms with van der Waals surface area (Å²) in [5.41, 5.74) is 0. The van der Waals surface area contributed by atoms with Crippen molar-refractivity contribution in [2.75, 3.05) is 5.88 Å². The lowest BCUT2D eigenvalue weighted by molar-refractivity contribution is -0.306. The molecule has 0 aromatic carbocycles. The summed E-state index contributed by atoms with van der Waals surface area (Å²) in [6, 6.07) is 0. The molecule has 1 unspecified atom stereocenters. The van der Waals surface area contributed by atoms with Crippen molar-refractivity contribution >= 4 is 17.6 Å². The van der Waals surface area contributed by atoms with Crippen molar-refractivity contribution in [2.45, 2.75) is 57.8 Å². The number of hydrogen-bond donors (Lipinski definition) is 0. The molecule has 0 aliphatic carbocycles. The zero-order chi connectivity index (χ0) is 14.3. The van der Waals surface area contributed by atoms with Crippen LogP contribution in [0.25, 0.3) is 0 Å². The normalized spacial score (nSPS) is 11.4. The third-order valence-corrected chi connectivity index (χ3v) is 3.16. The predicted molar refractivity (Wildman–Crippen MR) is 78.7 cm³/mol. The van der Waals surface area contributed by atoms with E-state index in [1.165, 1.54) is 32.1 Å². The van der Waals surface area contributed by atoms with Crippen LogP contribution >= 0.6 is 11.6 Å². The Morgan fingerprint density at radius 1 is 1.16 bits per heavy atom. The Bertz CT molecular complexity index is 302. The fourth-order valence-electron chi connectivity index (χ4n) is 1.77. The Morgan fingerprint density at radius 2 is 1.74 bits per heavy atom. The third-order valence-electron chi connectivity index (χ3n) is 2.89. The van der Waals surface area contributed by atoms with Gasteiger partial charge >= 0.3 is 0 Å². The van der Waals surface area contributed by atoms with E-state index >= 15 is 0 Å². The van der Waals surface area contributed by atoms with Crippen molar-refractivity contribution in [3.05, 3.63) is 12.7 Å². The van der Waals surface area contributed by atoms with Crippen LogP contribution in [-0.2, 0) is 4.79 Å². The molecular formula is C16H24ClO2-. The molecule has 0 aliphatic rings. The van der Waals surface area contributed by atoms with Gasteiger partial charge in [-0.25, -0.2) is 0 Å². The van der Waals surface area contributed by atoms with E-state index in [1.54, 1.807) is 6.08 Å². The minimum atomic E-state index is -1.07. The van der Waals surface area contributed by atoms with Crippen LogP contribution < -0.4 is 5.11 Å². The summed E-state index contributed by atoms with van der Waals surface area (Å²) >= 11 is 5.60. The van der Waals surface area contributed by atoms with Crippen LogP contribution in [0.3, 0.4) is 0 Å². The molecule has 2 nitrogen and oxygen atoms in total. The summed E-state index contributed by atoms with van der Waals surface area (Å²) in [4.78, 5) is 10.4. The molecule has 0 rings (SSSR count). The predicted octanol–water partition coefficient (Wildman–Crippen LogP) is 3.29. The fraction of sp³-hybridized carbons (Fsp3) is 0.688. The second-order valence-corrected chi connectivity index (χ2v) is 5.03. The fourth-order valence-corrected chi connectivity index (χ4v) is 1.96. The Kier molecular flexibility index (Phi) is 12.8. The number of alkyl halides is 1. The van der Waals surface area contributed by atoms with Gasteiger partial charge in [-0.2, -0.15) is 0 Å². The van der Waals surface area contributed by atoms with Gasteiger partial charge in [0.05, 0.1) is 0 Å². The molecule has 0 heterocycles. The number of allylic oxidation sites excluding steroid dienone is 1. The first-order chi connectivity index (χ1) is 9.20. The average molecular weight is 284 g/mol. The first-order valence-electron chi connectivity index (χ1n) is 7.07. The van der Waals surface area contributed by atoms with Gasteiger partial charge in [0.2, 0.25) is 0 Å². The SMILES string of the molecule is C=CC(C#CCCCCCCCCCCl)CC(=O)[O-]. The van der Waals surface area contributed by atoms with Gasteiger partial charge in [-0.05, 0) is 12.8 Å². The molecule has 0 fully saturated rings. The molecule has 0 aromatic heterocycles. The lowest BCUT2D eigenvalue weighted by Crippen LogP contribution is -2.24. The van der Waals surface area contributed by atoms with Gasteiger partial charge in [0.15, 0.2) is 0 Å². The van der Waals surface area contributed by atoms with Crippen LogP contribution in [0.5, 0.6) is 0 Å². The highest BCUT2D eigenvalue weighted by atomic mass is 35.5. The number of rotatable bonds is 11. The lowest BCUT2D eigenvalue weighted by Gasteiger charge is -2.04. The zero-order valence-corrected chi connectivity index (χ0v) is 12.4. The van der Waals surface area contributed by atoms with Crippen molar-refractivity contribution in [2.24, 2.45) is 5.92 Å². The van der Waals surface area contributed by atoms with Gasteiger partial charge in [0.25, 0.3) is 0 Å². The van der Waals surface area contributed by atoms with Gasteiger partial charge in [-0.3, -0.25) is 0 Å². The Balaban J connectivity index is 3.47. The highest BCUT2D eigenvalue weighted by Gasteiger charge is 1.98. The number of halogens is 1. The van der Waals surface area contributed by atoms with Crippen molar-refractivity contribution in [1.29, 1.82) is 0 Å². The first kappa shape index (κ1) is 18.1. The summed E-state index contributed by atoms with van der Waals surface area (Å²) in [5.74, 6) is 5.36. The van der Waals surface area contributed by atoms with Gasteiger partial charge in [-0.1, -0.05) is 44.1 Å². The summed E-state index contributed by atoms with van der Waals surface area (Å²) in [6.45, 7) is 3.57. The number of aliphatic carboxylic acids is 1. The Labute approximate surface area is 122 Å². The standard InChI is InChI=1S/C16H25ClO2/c1-2-15(14-16(18)19)12-10-8-6-4-3-5-7-9-11-13-17/h2,15H,1,3-9,11,13-14H2,(H,18,19)/p-1. The first-order valence-corrected chi connectivity index (χ1v) is 7.61. The second-order valence-electron chi connectivity index (χ2n) is 4.65. The maximum atomic E-state index is 10.4. The molecule has 0 saturated carbocycles. The van der Waals surface area contributed by atoms with E-state index in [2.05, 4.69) is 18.4 Å². The second kappa shape index (κ2) is 13.5. The Hall–Kier alpha value is -0.940. The molecule has 0 aliphatic heterocycles. The van der Waals surface area contributed by atoms with Crippen molar-refractivity contribution < 1.29 is 9.90 Å². The highest BCUT2D eigenvalue weighted by Crippen LogP contribution is 2.09. The number of carbonyl (C=O) groups excluding carboxylic acids is 1. The number of unbranched alkanes of at least 4 members (excludes halogenated alkanes) is 7. The van der Waals surface area contributed by atoms with E-state index in [9.17, 15) is 9.90 Å². The summed E-state index contributed by atoms with van der Waals surface area (Å²) < 4.78 is 0. The van der Waals surface area contributed by atoms with Crippen LogP contribution in [0, 0.1) is 17.8 Å². The number of carboxylic acids is 1. The van der Waals surface area contributed by atoms with Gasteiger partial charge < -0.3 is 9.90 Å². The molecule has 0 N–H and O–H groups in total. The zero-order valence-electron chi connectivity index (χ0n) is 11.6. The molecule has 0 spiro atoms. The van der Waals surface area contributed by atoms with Crippen molar-refractivity contribution in [3.8, 4) is 11.8 Å². The molecule has 0 saturated heterocycles. The van der Waals surface area contributed by atoms with E-state index in [0.29, 0.717) is 0 Å². The van der Waals surface area contributed by atoms with Crippen LogP contribution in [0.2, 0.25) is 0 Å². The van der Waals surface area contributed by atoms with E-state index in [0.717, 1.165) is 25.1 Å². The molecule has 0 radical (unpaired) electrons. The lowest BCUT2D eigenvalue weighted by atomic mass is 10.1. The van der Waals surface area contributed by atoms with Crippen LogP contribution in [0.4, 0.5) is 0 Å².